The number of rotatable bonds is 3. The Hall–Kier alpha value is -2.17. The van der Waals surface area contributed by atoms with Gasteiger partial charge in [-0.15, -0.1) is 0 Å². The molecular weight excluding hydrogens is 192 g/mol. The number of imidazole rings is 1. The van der Waals surface area contributed by atoms with Gasteiger partial charge in [0.2, 0.25) is 0 Å². The fraction of sp³-hybridized carbons (Fsp3) is 0.100. The van der Waals surface area contributed by atoms with Gasteiger partial charge in [-0.2, -0.15) is 0 Å². The van der Waals surface area contributed by atoms with Gasteiger partial charge in [-0.3, -0.25) is 9.78 Å². The van der Waals surface area contributed by atoms with Gasteiger partial charge in [0.05, 0.1) is 6.33 Å². The Morgan fingerprint density at radius 2 is 2.33 bits per heavy atom. The van der Waals surface area contributed by atoms with E-state index in [0.717, 1.165) is 5.56 Å². The van der Waals surface area contributed by atoms with Crippen LogP contribution in [0, 0.1) is 0 Å². The molecule has 0 aliphatic heterocycles. The van der Waals surface area contributed by atoms with Gasteiger partial charge < -0.3 is 10.3 Å². The molecule has 2 aromatic heterocycles. The van der Waals surface area contributed by atoms with E-state index in [0.29, 0.717) is 6.54 Å². The van der Waals surface area contributed by atoms with Crippen LogP contribution in [-0.4, -0.2) is 20.4 Å². The molecule has 0 aliphatic carbocycles. The standard InChI is InChI=1S/C10H10N4O/c11-10(15)9-2-1-8(5-13-9)6-14-4-3-12-7-14/h1-5,7H,6H2,(H2,11,15). The van der Waals surface area contributed by atoms with Crippen LogP contribution < -0.4 is 5.73 Å². The van der Waals surface area contributed by atoms with E-state index in [4.69, 9.17) is 5.73 Å². The number of hydrogen-bond acceptors (Lipinski definition) is 3. The molecule has 0 bridgehead atoms. The highest BCUT2D eigenvalue weighted by Gasteiger charge is 2.01. The summed E-state index contributed by atoms with van der Waals surface area (Å²) < 4.78 is 1.92. The number of primary amides is 1. The molecule has 5 nitrogen and oxygen atoms in total. The first-order valence-corrected chi connectivity index (χ1v) is 4.46. The van der Waals surface area contributed by atoms with Crippen LogP contribution in [0.15, 0.2) is 37.1 Å². The number of nitrogens with zero attached hydrogens (tertiary/aromatic N) is 3. The number of amides is 1. The maximum atomic E-state index is 10.8. The molecular formula is C10H10N4O. The van der Waals surface area contributed by atoms with Crippen molar-refractivity contribution in [2.45, 2.75) is 6.54 Å². The maximum Gasteiger partial charge on any atom is 0.267 e. The molecule has 2 N–H and O–H groups in total. The number of pyridine rings is 1. The summed E-state index contributed by atoms with van der Waals surface area (Å²) in [7, 11) is 0. The Labute approximate surface area is 86.6 Å². The van der Waals surface area contributed by atoms with Crippen LogP contribution in [-0.2, 0) is 6.54 Å². The Kier molecular flexibility index (Phi) is 2.45. The number of carbonyl (C=O) groups excluding carboxylic acids is 1. The average Bonchev–Trinajstić information content (AvgIpc) is 2.71. The lowest BCUT2D eigenvalue weighted by Crippen LogP contribution is -2.13. The van der Waals surface area contributed by atoms with Crippen LogP contribution >= 0.6 is 0 Å². The van der Waals surface area contributed by atoms with Crippen LogP contribution in [0.5, 0.6) is 0 Å². The van der Waals surface area contributed by atoms with Crippen molar-refractivity contribution >= 4 is 5.91 Å². The van der Waals surface area contributed by atoms with Crippen molar-refractivity contribution in [2.24, 2.45) is 5.73 Å². The lowest BCUT2D eigenvalue weighted by atomic mass is 10.2. The quantitative estimate of drug-likeness (QED) is 0.784. The van der Waals surface area contributed by atoms with E-state index in [-0.39, 0.29) is 5.69 Å². The number of nitrogens with two attached hydrogens (primary N) is 1. The topological polar surface area (TPSA) is 73.8 Å². The van der Waals surface area contributed by atoms with E-state index >= 15 is 0 Å². The minimum absolute atomic E-state index is 0.282. The highest BCUT2D eigenvalue weighted by molar-refractivity contribution is 5.90. The highest BCUT2D eigenvalue weighted by Crippen LogP contribution is 2.02. The summed E-state index contributed by atoms with van der Waals surface area (Å²) in [6.45, 7) is 0.687. The van der Waals surface area contributed by atoms with Crippen molar-refractivity contribution < 1.29 is 4.79 Å². The zero-order valence-corrected chi connectivity index (χ0v) is 8.00. The number of carbonyl (C=O) groups is 1. The molecule has 1 amide bonds. The first kappa shape index (κ1) is 9.39. The monoisotopic (exact) mass is 202 g/mol. The van der Waals surface area contributed by atoms with Gasteiger partial charge in [-0.25, -0.2) is 4.98 Å². The molecule has 0 unspecified atom stereocenters. The molecule has 0 saturated carbocycles. The summed E-state index contributed by atoms with van der Waals surface area (Å²) in [6, 6.07) is 3.45. The highest BCUT2D eigenvalue weighted by atomic mass is 16.1. The summed E-state index contributed by atoms with van der Waals surface area (Å²) in [4.78, 5) is 18.7. The Morgan fingerprint density at radius 3 is 2.87 bits per heavy atom. The molecule has 76 valence electrons. The summed E-state index contributed by atoms with van der Waals surface area (Å²) in [5.74, 6) is -0.510. The van der Waals surface area contributed by atoms with E-state index in [1.807, 2.05) is 16.8 Å². The first-order valence-electron chi connectivity index (χ1n) is 4.46. The molecule has 5 heteroatoms. The molecule has 0 atom stereocenters. The van der Waals surface area contributed by atoms with Crippen molar-refractivity contribution in [3.63, 3.8) is 0 Å². The van der Waals surface area contributed by atoms with Crippen molar-refractivity contribution in [1.82, 2.24) is 14.5 Å². The lowest BCUT2D eigenvalue weighted by Gasteiger charge is -2.02. The molecule has 15 heavy (non-hydrogen) atoms. The van der Waals surface area contributed by atoms with Crippen molar-refractivity contribution in [3.8, 4) is 0 Å². The largest absolute Gasteiger partial charge is 0.364 e. The fourth-order valence-electron chi connectivity index (χ4n) is 1.25. The Morgan fingerprint density at radius 1 is 1.47 bits per heavy atom. The van der Waals surface area contributed by atoms with Crippen LogP contribution in [0.2, 0.25) is 0 Å². The summed E-state index contributed by atoms with van der Waals surface area (Å²) >= 11 is 0. The van der Waals surface area contributed by atoms with E-state index in [2.05, 4.69) is 9.97 Å². The number of aromatic nitrogens is 3. The van der Waals surface area contributed by atoms with Gasteiger partial charge >= 0.3 is 0 Å². The predicted octanol–water partition coefficient (Wildman–Crippen LogP) is 0.425. The summed E-state index contributed by atoms with van der Waals surface area (Å²) in [5, 5.41) is 0. The van der Waals surface area contributed by atoms with Gasteiger partial charge in [0.25, 0.3) is 5.91 Å². The van der Waals surface area contributed by atoms with Crippen LogP contribution in [0.4, 0.5) is 0 Å². The molecule has 2 rings (SSSR count). The van der Waals surface area contributed by atoms with E-state index in [1.165, 1.54) is 0 Å². The third kappa shape index (κ3) is 2.19. The molecule has 0 spiro atoms. The second-order valence-corrected chi connectivity index (χ2v) is 3.15. The Balaban J connectivity index is 2.14. The smallest absolute Gasteiger partial charge is 0.267 e. The SMILES string of the molecule is NC(=O)c1ccc(Cn2ccnc2)cn1. The van der Waals surface area contributed by atoms with Gasteiger partial charge in [-0.05, 0) is 11.6 Å². The second kappa shape index (κ2) is 3.91. The van der Waals surface area contributed by atoms with E-state index in [1.54, 1.807) is 24.8 Å². The molecule has 2 heterocycles. The van der Waals surface area contributed by atoms with Gasteiger partial charge in [0.15, 0.2) is 0 Å². The number of hydrogen-bond donors (Lipinski definition) is 1. The van der Waals surface area contributed by atoms with Crippen LogP contribution in [0.3, 0.4) is 0 Å². The summed E-state index contributed by atoms with van der Waals surface area (Å²) in [5.41, 5.74) is 6.36. The molecule has 0 radical (unpaired) electrons. The molecule has 0 saturated heterocycles. The van der Waals surface area contributed by atoms with Crippen LogP contribution in [0.25, 0.3) is 0 Å². The fourth-order valence-corrected chi connectivity index (χ4v) is 1.25. The minimum Gasteiger partial charge on any atom is -0.364 e. The van der Waals surface area contributed by atoms with Crippen LogP contribution in [0.1, 0.15) is 16.1 Å². The lowest BCUT2D eigenvalue weighted by molar-refractivity contribution is 0.0995. The van der Waals surface area contributed by atoms with E-state index in [9.17, 15) is 4.79 Å². The first-order chi connectivity index (χ1) is 7.25. The van der Waals surface area contributed by atoms with Crippen molar-refractivity contribution in [2.75, 3.05) is 0 Å². The summed E-state index contributed by atoms with van der Waals surface area (Å²) in [6.07, 6.45) is 6.94. The Bertz CT molecular complexity index is 447. The molecule has 0 fully saturated rings. The van der Waals surface area contributed by atoms with Gasteiger partial charge in [-0.1, -0.05) is 6.07 Å². The molecule has 0 aliphatic rings. The average molecular weight is 202 g/mol. The second-order valence-electron chi connectivity index (χ2n) is 3.15. The zero-order valence-electron chi connectivity index (χ0n) is 8.00. The third-order valence-corrected chi connectivity index (χ3v) is 2.00. The minimum atomic E-state index is -0.510. The maximum absolute atomic E-state index is 10.8. The van der Waals surface area contributed by atoms with Gasteiger partial charge in [0.1, 0.15) is 5.69 Å². The molecule has 0 aromatic carbocycles. The van der Waals surface area contributed by atoms with Gasteiger partial charge in [0, 0.05) is 25.1 Å². The zero-order chi connectivity index (χ0) is 10.7. The normalized spacial score (nSPS) is 10.1. The predicted molar refractivity (Wildman–Crippen MR) is 54.1 cm³/mol. The molecule has 2 aromatic rings. The van der Waals surface area contributed by atoms with E-state index < -0.39 is 5.91 Å². The van der Waals surface area contributed by atoms with Crippen molar-refractivity contribution in [3.05, 3.63) is 48.3 Å². The van der Waals surface area contributed by atoms with Crippen molar-refractivity contribution in [1.29, 1.82) is 0 Å². The third-order valence-electron chi connectivity index (χ3n) is 2.00.